The number of pyridine rings is 1. The van der Waals surface area contributed by atoms with Crippen molar-refractivity contribution in [1.29, 1.82) is 0 Å². The van der Waals surface area contributed by atoms with Gasteiger partial charge in [-0.2, -0.15) is 0 Å². The summed E-state index contributed by atoms with van der Waals surface area (Å²) in [6.07, 6.45) is 0. The van der Waals surface area contributed by atoms with Crippen molar-refractivity contribution in [2.45, 2.75) is 6.92 Å². The Labute approximate surface area is 109 Å². The van der Waals surface area contributed by atoms with Crippen molar-refractivity contribution in [3.05, 3.63) is 54.1 Å². The maximum absolute atomic E-state index is 4.58. The molecular weight excluding hydrogens is 234 g/mol. The van der Waals surface area contributed by atoms with Crippen molar-refractivity contribution in [2.24, 2.45) is 0 Å². The van der Waals surface area contributed by atoms with Gasteiger partial charge in [-0.1, -0.05) is 29.8 Å². The van der Waals surface area contributed by atoms with Crippen molar-refractivity contribution in [2.75, 3.05) is 0 Å². The minimum Gasteiger partial charge on any atom is -0.226 e. The molecule has 0 amide bonds. The molecule has 3 nitrogen and oxygen atoms in total. The first-order valence-corrected chi connectivity index (χ1v) is 6.24. The molecule has 19 heavy (non-hydrogen) atoms. The highest BCUT2D eigenvalue weighted by atomic mass is 15.1. The summed E-state index contributed by atoms with van der Waals surface area (Å²) in [7, 11) is 0. The molecule has 0 radical (unpaired) electrons. The molecule has 0 aliphatic heterocycles. The lowest BCUT2D eigenvalue weighted by Crippen LogP contribution is -1.91. The molecule has 0 saturated carbocycles. The highest BCUT2D eigenvalue weighted by molar-refractivity contribution is 6.06. The van der Waals surface area contributed by atoms with E-state index in [1.54, 1.807) is 0 Å². The molecule has 0 atom stereocenters. The van der Waals surface area contributed by atoms with Crippen LogP contribution in [0.3, 0.4) is 0 Å². The van der Waals surface area contributed by atoms with Crippen molar-refractivity contribution in [3.8, 4) is 0 Å². The molecule has 2 heterocycles. The Bertz CT molecular complexity index is 929. The second-order valence-corrected chi connectivity index (χ2v) is 4.77. The zero-order valence-corrected chi connectivity index (χ0v) is 10.5. The predicted molar refractivity (Wildman–Crippen MR) is 77.1 cm³/mol. The number of nitrogens with zero attached hydrogens (tertiary/aromatic N) is 3. The Morgan fingerprint density at radius 1 is 0.789 bits per heavy atom. The Kier molecular flexibility index (Phi) is 2.03. The standard InChI is InChI=1S/C16H11N3/c1-10-6-7-15-12(8-10)13-9-11-4-2-3-5-14(11)17-16(13)19-18-15/h2-9H,1H3. The van der Waals surface area contributed by atoms with Crippen LogP contribution >= 0.6 is 0 Å². The van der Waals surface area contributed by atoms with Gasteiger partial charge in [-0.15, -0.1) is 10.2 Å². The molecule has 0 N–H and O–H groups in total. The van der Waals surface area contributed by atoms with Gasteiger partial charge >= 0.3 is 0 Å². The van der Waals surface area contributed by atoms with Crippen LogP contribution in [0, 0.1) is 6.92 Å². The highest BCUT2D eigenvalue weighted by Crippen LogP contribution is 2.25. The van der Waals surface area contributed by atoms with Crippen LogP contribution in [0.5, 0.6) is 0 Å². The fourth-order valence-electron chi connectivity index (χ4n) is 2.43. The van der Waals surface area contributed by atoms with Gasteiger partial charge in [-0.25, -0.2) is 4.98 Å². The van der Waals surface area contributed by atoms with Crippen LogP contribution in [0.2, 0.25) is 0 Å². The number of aryl methyl sites for hydroxylation is 1. The van der Waals surface area contributed by atoms with E-state index < -0.39 is 0 Å². The molecule has 3 heteroatoms. The van der Waals surface area contributed by atoms with Crippen molar-refractivity contribution >= 4 is 32.8 Å². The molecule has 0 spiro atoms. The summed E-state index contributed by atoms with van der Waals surface area (Å²) in [6.45, 7) is 2.08. The number of hydrogen-bond donors (Lipinski definition) is 0. The molecule has 4 aromatic rings. The molecule has 0 fully saturated rings. The van der Waals surface area contributed by atoms with Gasteiger partial charge in [0.1, 0.15) is 0 Å². The van der Waals surface area contributed by atoms with Crippen LogP contribution < -0.4 is 0 Å². The quantitative estimate of drug-likeness (QED) is 0.350. The van der Waals surface area contributed by atoms with E-state index in [-0.39, 0.29) is 0 Å². The lowest BCUT2D eigenvalue weighted by Gasteiger charge is -2.04. The van der Waals surface area contributed by atoms with E-state index in [9.17, 15) is 0 Å². The van der Waals surface area contributed by atoms with Gasteiger partial charge in [-0.3, -0.25) is 0 Å². The average molecular weight is 245 g/mol. The molecule has 2 aromatic carbocycles. The Morgan fingerprint density at radius 3 is 2.63 bits per heavy atom. The van der Waals surface area contributed by atoms with Crippen LogP contribution in [0.25, 0.3) is 32.8 Å². The van der Waals surface area contributed by atoms with E-state index in [1.165, 1.54) is 5.56 Å². The van der Waals surface area contributed by atoms with Crippen LogP contribution in [0.15, 0.2) is 48.5 Å². The van der Waals surface area contributed by atoms with E-state index >= 15 is 0 Å². The predicted octanol–water partition coefficient (Wildman–Crippen LogP) is 3.64. The summed E-state index contributed by atoms with van der Waals surface area (Å²) in [6, 6.07) is 16.4. The minimum atomic E-state index is 0.705. The lowest BCUT2D eigenvalue weighted by atomic mass is 10.1. The summed E-state index contributed by atoms with van der Waals surface area (Å²) in [5.41, 5.74) is 3.79. The lowest BCUT2D eigenvalue weighted by molar-refractivity contribution is 1.10. The Balaban J connectivity index is 2.25. The molecule has 2 aromatic heterocycles. The smallest absolute Gasteiger partial charge is 0.183 e. The topological polar surface area (TPSA) is 38.7 Å². The average Bonchev–Trinajstić information content (AvgIpc) is 2.45. The van der Waals surface area contributed by atoms with Gasteiger partial charge in [0.25, 0.3) is 0 Å². The number of aromatic nitrogens is 3. The van der Waals surface area contributed by atoms with Crippen molar-refractivity contribution in [1.82, 2.24) is 15.2 Å². The minimum absolute atomic E-state index is 0.705. The van der Waals surface area contributed by atoms with Gasteiger partial charge in [-0.05, 0) is 31.2 Å². The maximum Gasteiger partial charge on any atom is 0.183 e. The molecule has 0 bridgehead atoms. The van der Waals surface area contributed by atoms with Gasteiger partial charge in [0.15, 0.2) is 5.65 Å². The molecule has 0 aliphatic carbocycles. The summed E-state index contributed by atoms with van der Waals surface area (Å²) in [5.74, 6) is 0. The zero-order chi connectivity index (χ0) is 12.8. The highest BCUT2D eigenvalue weighted by Gasteiger charge is 2.06. The van der Waals surface area contributed by atoms with E-state index in [4.69, 9.17) is 0 Å². The monoisotopic (exact) mass is 245 g/mol. The Morgan fingerprint density at radius 2 is 1.68 bits per heavy atom. The normalized spacial score (nSPS) is 11.4. The second-order valence-electron chi connectivity index (χ2n) is 4.77. The summed E-state index contributed by atoms with van der Waals surface area (Å²) in [4.78, 5) is 4.58. The first-order valence-electron chi connectivity index (χ1n) is 6.24. The molecule has 0 saturated heterocycles. The number of para-hydroxylation sites is 1. The number of hydrogen-bond acceptors (Lipinski definition) is 3. The SMILES string of the molecule is Cc1ccc2nnc3nc4ccccc4cc3c2c1. The van der Waals surface area contributed by atoms with Crippen LogP contribution in [-0.2, 0) is 0 Å². The first kappa shape index (κ1) is 10.4. The van der Waals surface area contributed by atoms with Crippen LogP contribution in [0.4, 0.5) is 0 Å². The molecule has 4 rings (SSSR count). The third-order valence-corrected chi connectivity index (χ3v) is 3.40. The molecule has 0 unspecified atom stereocenters. The van der Waals surface area contributed by atoms with Gasteiger partial charge in [0.2, 0.25) is 0 Å². The fraction of sp³-hybridized carbons (Fsp3) is 0.0625. The Hall–Kier alpha value is -2.55. The largest absolute Gasteiger partial charge is 0.226 e. The molecular formula is C16H11N3. The van der Waals surface area contributed by atoms with Crippen molar-refractivity contribution in [3.63, 3.8) is 0 Å². The van der Waals surface area contributed by atoms with Gasteiger partial charge in [0.05, 0.1) is 11.0 Å². The van der Waals surface area contributed by atoms with Crippen LogP contribution in [0.1, 0.15) is 5.56 Å². The summed E-state index contributed by atoms with van der Waals surface area (Å²) >= 11 is 0. The zero-order valence-electron chi connectivity index (χ0n) is 10.5. The van der Waals surface area contributed by atoms with Gasteiger partial charge in [0, 0.05) is 16.2 Å². The fourth-order valence-corrected chi connectivity index (χ4v) is 2.43. The van der Waals surface area contributed by atoms with Crippen molar-refractivity contribution < 1.29 is 0 Å². The number of benzene rings is 2. The third-order valence-electron chi connectivity index (χ3n) is 3.40. The molecule has 90 valence electrons. The number of fused-ring (bicyclic) bond motifs is 4. The van der Waals surface area contributed by atoms with E-state index in [0.717, 1.165) is 27.2 Å². The maximum atomic E-state index is 4.58. The molecule has 0 aliphatic rings. The van der Waals surface area contributed by atoms with Crippen LogP contribution in [-0.4, -0.2) is 15.2 Å². The summed E-state index contributed by atoms with van der Waals surface area (Å²) in [5, 5.41) is 11.8. The van der Waals surface area contributed by atoms with E-state index in [0.29, 0.717) is 5.65 Å². The van der Waals surface area contributed by atoms with E-state index in [2.05, 4.69) is 46.4 Å². The first-order chi connectivity index (χ1) is 9.31. The second kappa shape index (κ2) is 3.72. The van der Waals surface area contributed by atoms with E-state index in [1.807, 2.05) is 24.3 Å². The summed E-state index contributed by atoms with van der Waals surface area (Å²) < 4.78 is 0. The van der Waals surface area contributed by atoms with Gasteiger partial charge < -0.3 is 0 Å². The third kappa shape index (κ3) is 1.55. The number of rotatable bonds is 0.